The first kappa shape index (κ1) is 29.3. The second-order valence-electron chi connectivity index (χ2n) is 9.16. The molecule has 0 aliphatic carbocycles. The SMILES string of the molecule is CCCCNC(=O)[C@H](CC)N(Cc1ccccc1)C(=O)CN(c1cc(C)ccc1C)S(=O)(=O)N(C)C. The smallest absolute Gasteiger partial charge is 0.304 e. The number of unbranched alkanes of at least 4 members (excludes halogenated alkanes) is 1. The van der Waals surface area contributed by atoms with Crippen molar-refractivity contribution in [2.24, 2.45) is 0 Å². The van der Waals surface area contributed by atoms with Crippen molar-refractivity contribution in [2.75, 3.05) is 31.5 Å². The van der Waals surface area contributed by atoms with Crippen molar-refractivity contribution in [3.63, 3.8) is 0 Å². The van der Waals surface area contributed by atoms with Gasteiger partial charge in [-0.05, 0) is 49.4 Å². The van der Waals surface area contributed by atoms with Gasteiger partial charge in [-0.15, -0.1) is 0 Å². The number of nitrogens with one attached hydrogen (secondary N) is 1. The average molecular weight is 517 g/mol. The zero-order valence-corrected chi connectivity index (χ0v) is 23.1. The highest BCUT2D eigenvalue weighted by Crippen LogP contribution is 2.26. The average Bonchev–Trinajstić information content (AvgIpc) is 2.84. The Bertz CT molecular complexity index is 1120. The second-order valence-corrected chi connectivity index (χ2v) is 11.2. The van der Waals surface area contributed by atoms with Crippen LogP contribution in [0.4, 0.5) is 5.69 Å². The zero-order chi connectivity index (χ0) is 26.9. The van der Waals surface area contributed by atoms with Gasteiger partial charge < -0.3 is 10.2 Å². The number of anilines is 1. The molecule has 0 unspecified atom stereocenters. The van der Waals surface area contributed by atoms with Crippen molar-refractivity contribution in [1.82, 2.24) is 14.5 Å². The molecular weight excluding hydrogens is 476 g/mol. The molecule has 9 heteroatoms. The molecule has 2 aromatic carbocycles. The quantitative estimate of drug-likeness (QED) is 0.412. The Morgan fingerprint density at radius 3 is 2.25 bits per heavy atom. The molecule has 0 aromatic heterocycles. The zero-order valence-electron chi connectivity index (χ0n) is 22.3. The lowest BCUT2D eigenvalue weighted by atomic mass is 10.1. The summed E-state index contributed by atoms with van der Waals surface area (Å²) in [6.45, 7) is 7.90. The first-order valence-corrected chi connectivity index (χ1v) is 13.8. The van der Waals surface area contributed by atoms with Crippen LogP contribution in [0.2, 0.25) is 0 Å². The number of rotatable bonds is 13. The first-order chi connectivity index (χ1) is 17.0. The molecule has 1 N–H and O–H groups in total. The number of benzene rings is 2. The van der Waals surface area contributed by atoms with Crippen LogP contribution in [0.3, 0.4) is 0 Å². The lowest BCUT2D eigenvalue weighted by molar-refractivity contribution is -0.140. The number of carbonyl (C=O) groups excluding carboxylic acids is 2. The van der Waals surface area contributed by atoms with E-state index in [1.165, 1.54) is 19.0 Å². The van der Waals surface area contributed by atoms with Crippen molar-refractivity contribution in [2.45, 2.75) is 59.5 Å². The Morgan fingerprint density at radius 2 is 1.67 bits per heavy atom. The van der Waals surface area contributed by atoms with Crippen LogP contribution in [0.15, 0.2) is 48.5 Å². The fourth-order valence-electron chi connectivity index (χ4n) is 3.90. The second kappa shape index (κ2) is 13.4. The lowest BCUT2D eigenvalue weighted by Crippen LogP contribution is -2.53. The number of amides is 2. The van der Waals surface area contributed by atoms with E-state index in [9.17, 15) is 18.0 Å². The van der Waals surface area contributed by atoms with Crippen molar-refractivity contribution in [3.05, 3.63) is 65.2 Å². The molecule has 2 rings (SSSR count). The van der Waals surface area contributed by atoms with Crippen molar-refractivity contribution < 1.29 is 18.0 Å². The standard InChI is InChI=1S/C27H40N4O4S/c1-7-9-17-28-27(33)24(8-2)30(19-23-13-11-10-12-14-23)26(32)20-31(36(34,35)29(5)6)25-18-21(3)15-16-22(25)4/h10-16,18,24H,7-9,17,19-20H2,1-6H3,(H,28,33)/t24-/m0/s1. The Kier molecular flexibility index (Phi) is 10.9. The maximum absolute atomic E-state index is 13.9. The molecule has 8 nitrogen and oxygen atoms in total. The molecule has 1 atom stereocenters. The fraction of sp³-hybridized carbons (Fsp3) is 0.481. The number of hydrogen-bond acceptors (Lipinski definition) is 4. The minimum atomic E-state index is -3.98. The van der Waals surface area contributed by atoms with Crippen LogP contribution in [0, 0.1) is 13.8 Å². The van der Waals surface area contributed by atoms with Crippen LogP contribution in [0.5, 0.6) is 0 Å². The summed E-state index contributed by atoms with van der Waals surface area (Å²) >= 11 is 0. The van der Waals surface area contributed by atoms with E-state index in [0.717, 1.165) is 38.1 Å². The lowest BCUT2D eigenvalue weighted by Gasteiger charge is -2.34. The fourth-order valence-corrected chi connectivity index (χ4v) is 5.01. The molecule has 0 radical (unpaired) electrons. The van der Waals surface area contributed by atoms with Crippen LogP contribution in [0.1, 0.15) is 49.8 Å². The van der Waals surface area contributed by atoms with Crippen molar-refractivity contribution >= 4 is 27.7 Å². The minimum absolute atomic E-state index is 0.196. The van der Waals surface area contributed by atoms with Gasteiger partial charge in [-0.2, -0.15) is 12.7 Å². The predicted molar refractivity (Wildman–Crippen MR) is 145 cm³/mol. The molecule has 0 bridgehead atoms. The normalized spacial score (nSPS) is 12.3. The summed E-state index contributed by atoms with van der Waals surface area (Å²) in [4.78, 5) is 28.5. The van der Waals surface area contributed by atoms with Gasteiger partial charge >= 0.3 is 10.2 Å². The molecule has 2 aromatic rings. The summed E-state index contributed by atoms with van der Waals surface area (Å²) in [5.41, 5.74) is 2.92. The van der Waals surface area contributed by atoms with E-state index in [-0.39, 0.29) is 12.5 Å². The van der Waals surface area contributed by atoms with Crippen molar-refractivity contribution in [1.29, 1.82) is 0 Å². The molecule has 0 spiro atoms. The van der Waals surface area contributed by atoms with E-state index in [1.54, 1.807) is 6.07 Å². The molecular formula is C27H40N4O4S. The van der Waals surface area contributed by atoms with Gasteiger partial charge in [-0.3, -0.25) is 9.59 Å². The van der Waals surface area contributed by atoms with E-state index in [1.807, 2.05) is 70.2 Å². The number of nitrogens with zero attached hydrogens (tertiary/aromatic N) is 3. The van der Waals surface area contributed by atoms with Crippen LogP contribution in [-0.2, 0) is 26.3 Å². The van der Waals surface area contributed by atoms with E-state index < -0.39 is 28.7 Å². The summed E-state index contributed by atoms with van der Waals surface area (Å²) in [5.74, 6) is -0.674. The summed E-state index contributed by atoms with van der Waals surface area (Å²) in [5, 5.41) is 2.93. The summed E-state index contributed by atoms with van der Waals surface area (Å²) in [6.07, 6.45) is 2.19. The van der Waals surface area contributed by atoms with E-state index in [4.69, 9.17) is 0 Å². The summed E-state index contributed by atoms with van der Waals surface area (Å²) in [7, 11) is -1.10. The Labute approximate surface area is 216 Å². The third-order valence-electron chi connectivity index (χ3n) is 6.06. The molecule has 198 valence electrons. The minimum Gasteiger partial charge on any atom is -0.354 e. The third kappa shape index (κ3) is 7.54. The summed E-state index contributed by atoms with van der Waals surface area (Å²) in [6, 6.07) is 14.2. The maximum atomic E-state index is 13.9. The number of hydrogen-bond donors (Lipinski definition) is 1. The largest absolute Gasteiger partial charge is 0.354 e. The van der Waals surface area contributed by atoms with E-state index in [0.29, 0.717) is 18.7 Å². The third-order valence-corrected chi connectivity index (χ3v) is 7.87. The van der Waals surface area contributed by atoms with Crippen LogP contribution in [0.25, 0.3) is 0 Å². The van der Waals surface area contributed by atoms with E-state index >= 15 is 0 Å². The highest BCUT2D eigenvalue weighted by molar-refractivity contribution is 7.90. The highest BCUT2D eigenvalue weighted by atomic mass is 32.2. The predicted octanol–water partition coefficient (Wildman–Crippen LogP) is 3.64. The topological polar surface area (TPSA) is 90.0 Å². The highest BCUT2D eigenvalue weighted by Gasteiger charge is 2.34. The molecule has 36 heavy (non-hydrogen) atoms. The maximum Gasteiger partial charge on any atom is 0.304 e. The molecule has 0 saturated heterocycles. The van der Waals surface area contributed by atoms with Gasteiger partial charge in [-0.25, -0.2) is 4.31 Å². The number of aryl methyl sites for hydroxylation is 2. The van der Waals surface area contributed by atoms with Gasteiger partial charge in [0, 0.05) is 27.2 Å². The van der Waals surface area contributed by atoms with Gasteiger partial charge in [0.1, 0.15) is 12.6 Å². The molecule has 2 amide bonds. The Balaban J connectivity index is 2.49. The molecule has 0 aliphatic heterocycles. The Hall–Kier alpha value is -2.91. The molecule has 0 fully saturated rings. The number of carbonyl (C=O) groups is 2. The molecule has 0 aliphatic rings. The Morgan fingerprint density at radius 1 is 1.00 bits per heavy atom. The van der Waals surface area contributed by atoms with Crippen LogP contribution < -0.4 is 9.62 Å². The van der Waals surface area contributed by atoms with Gasteiger partial charge in [0.25, 0.3) is 0 Å². The summed E-state index contributed by atoms with van der Waals surface area (Å²) < 4.78 is 29.0. The van der Waals surface area contributed by atoms with Gasteiger partial charge in [-0.1, -0.05) is 62.7 Å². The van der Waals surface area contributed by atoms with Crippen LogP contribution >= 0.6 is 0 Å². The van der Waals surface area contributed by atoms with Gasteiger partial charge in [0.05, 0.1) is 5.69 Å². The monoisotopic (exact) mass is 516 g/mol. The van der Waals surface area contributed by atoms with E-state index in [2.05, 4.69) is 5.32 Å². The van der Waals surface area contributed by atoms with Crippen molar-refractivity contribution in [3.8, 4) is 0 Å². The van der Waals surface area contributed by atoms with Crippen LogP contribution in [-0.4, -0.2) is 62.7 Å². The molecule has 0 saturated carbocycles. The first-order valence-electron chi connectivity index (χ1n) is 12.4. The molecule has 0 heterocycles. The van der Waals surface area contributed by atoms with Gasteiger partial charge in [0.2, 0.25) is 11.8 Å². The van der Waals surface area contributed by atoms with Gasteiger partial charge in [0.15, 0.2) is 0 Å².